The minimum Gasteiger partial charge on any atom is -0.394 e. The SMILES string of the molecule is O=C(N[C@H](CO)c1ccccc1)c1cccc2cnc(NC3CCC(O)CC3)nc12. The number of carbonyl (C=O) groups is 1. The summed E-state index contributed by atoms with van der Waals surface area (Å²) in [6, 6.07) is 14.5. The van der Waals surface area contributed by atoms with Crippen molar-refractivity contribution in [3.8, 4) is 0 Å². The Morgan fingerprint density at radius 3 is 2.57 bits per heavy atom. The molecule has 0 spiro atoms. The van der Waals surface area contributed by atoms with Crippen molar-refractivity contribution < 1.29 is 15.0 Å². The molecule has 0 saturated heterocycles. The van der Waals surface area contributed by atoms with Crippen LogP contribution in [0.1, 0.15) is 47.6 Å². The largest absolute Gasteiger partial charge is 0.394 e. The Balaban J connectivity index is 1.56. The number of nitrogens with zero attached hydrogens (tertiary/aromatic N) is 2. The Hall–Kier alpha value is -3.03. The van der Waals surface area contributed by atoms with Crippen molar-refractivity contribution >= 4 is 22.8 Å². The zero-order valence-electron chi connectivity index (χ0n) is 16.7. The molecule has 2 aromatic carbocycles. The van der Waals surface area contributed by atoms with E-state index >= 15 is 0 Å². The number of amides is 1. The first-order chi connectivity index (χ1) is 14.6. The van der Waals surface area contributed by atoms with Gasteiger partial charge in [-0.25, -0.2) is 9.97 Å². The number of carbonyl (C=O) groups excluding carboxylic acids is 1. The second-order valence-electron chi connectivity index (χ2n) is 7.71. The topological polar surface area (TPSA) is 107 Å². The summed E-state index contributed by atoms with van der Waals surface area (Å²) >= 11 is 0. The summed E-state index contributed by atoms with van der Waals surface area (Å²) in [4.78, 5) is 22.0. The smallest absolute Gasteiger partial charge is 0.254 e. The van der Waals surface area contributed by atoms with Crippen molar-refractivity contribution in [2.45, 2.75) is 43.9 Å². The van der Waals surface area contributed by atoms with Crippen molar-refractivity contribution in [3.63, 3.8) is 0 Å². The molecule has 0 unspecified atom stereocenters. The number of aromatic nitrogens is 2. The standard InChI is InChI=1S/C23H26N4O3/c28-14-20(15-5-2-1-3-6-15)26-22(30)19-8-4-7-16-13-24-23(27-21(16)19)25-17-9-11-18(29)12-10-17/h1-8,13,17-18,20,28-29H,9-12,14H2,(H,26,30)(H,24,25,27)/t17?,18?,20-/m1/s1. The normalized spacial score (nSPS) is 19.9. The molecule has 7 heteroatoms. The predicted octanol–water partition coefficient (Wildman–Crippen LogP) is 2.81. The predicted molar refractivity (Wildman–Crippen MR) is 115 cm³/mol. The molecule has 30 heavy (non-hydrogen) atoms. The van der Waals surface area contributed by atoms with Crippen LogP contribution in [0.15, 0.2) is 54.7 Å². The van der Waals surface area contributed by atoms with Gasteiger partial charge in [-0.3, -0.25) is 4.79 Å². The van der Waals surface area contributed by atoms with E-state index in [-0.39, 0.29) is 24.7 Å². The quantitative estimate of drug-likeness (QED) is 0.501. The van der Waals surface area contributed by atoms with Gasteiger partial charge in [0.15, 0.2) is 0 Å². The lowest BCUT2D eigenvalue weighted by Crippen LogP contribution is -2.31. The molecule has 1 amide bonds. The summed E-state index contributed by atoms with van der Waals surface area (Å²) in [7, 11) is 0. The molecule has 1 atom stereocenters. The van der Waals surface area contributed by atoms with Crippen LogP contribution in [0, 0.1) is 0 Å². The fourth-order valence-corrected chi connectivity index (χ4v) is 3.87. The molecular weight excluding hydrogens is 380 g/mol. The highest BCUT2D eigenvalue weighted by molar-refractivity contribution is 6.05. The summed E-state index contributed by atoms with van der Waals surface area (Å²) in [5, 5.41) is 26.5. The van der Waals surface area contributed by atoms with Crippen LogP contribution < -0.4 is 10.6 Å². The highest BCUT2D eigenvalue weighted by atomic mass is 16.3. The number of anilines is 1. The molecule has 1 aliphatic rings. The van der Waals surface area contributed by atoms with Crippen LogP contribution in [0.4, 0.5) is 5.95 Å². The summed E-state index contributed by atoms with van der Waals surface area (Å²) in [5.41, 5.74) is 1.84. The Labute approximate surface area is 175 Å². The summed E-state index contributed by atoms with van der Waals surface area (Å²) in [6.45, 7) is -0.199. The van der Waals surface area contributed by atoms with E-state index in [9.17, 15) is 15.0 Å². The molecule has 1 fully saturated rings. The Morgan fingerprint density at radius 1 is 1.07 bits per heavy atom. The Morgan fingerprint density at radius 2 is 1.83 bits per heavy atom. The molecule has 0 bridgehead atoms. The van der Waals surface area contributed by atoms with Crippen molar-refractivity contribution in [2.75, 3.05) is 11.9 Å². The molecule has 1 heterocycles. The van der Waals surface area contributed by atoms with Crippen LogP contribution in [0.2, 0.25) is 0 Å². The van der Waals surface area contributed by atoms with Gasteiger partial charge in [0.2, 0.25) is 5.95 Å². The molecule has 0 radical (unpaired) electrons. The van der Waals surface area contributed by atoms with Gasteiger partial charge in [-0.2, -0.15) is 0 Å². The van der Waals surface area contributed by atoms with Gasteiger partial charge in [-0.15, -0.1) is 0 Å². The van der Waals surface area contributed by atoms with Gasteiger partial charge >= 0.3 is 0 Å². The summed E-state index contributed by atoms with van der Waals surface area (Å²) in [6.07, 6.45) is 4.74. The van der Waals surface area contributed by atoms with Gasteiger partial charge in [0.1, 0.15) is 0 Å². The monoisotopic (exact) mass is 406 g/mol. The zero-order valence-corrected chi connectivity index (χ0v) is 16.7. The number of hydrogen-bond donors (Lipinski definition) is 4. The van der Waals surface area contributed by atoms with Crippen molar-refractivity contribution in [3.05, 3.63) is 65.9 Å². The van der Waals surface area contributed by atoms with Crippen molar-refractivity contribution in [1.29, 1.82) is 0 Å². The average Bonchev–Trinajstić information content (AvgIpc) is 2.79. The van der Waals surface area contributed by atoms with Crippen molar-refractivity contribution in [1.82, 2.24) is 15.3 Å². The molecule has 4 N–H and O–H groups in total. The van der Waals surface area contributed by atoms with Crippen LogP contribution in [-0.4, -0.2) is 44.8 Å². The lowest BCUT2D eigenvalue weighted by molar-refractivity contribution is 0.0917. The van der Waals surface area contributed by atoms with Crippen LogP contribution in [0.5, 0.6) is 0 Å². The minimum atomic E-state index is -0.498. The number of rotatable bonds is 6. The fraction of sp³-hybridized carbons (Fsp3) is 0.348. The zero-order chi connectivity index (χ0) is 20.9. The van der Waals surface area contributed by atoms with E-state index in [1.807, 2.05) is 36.4 Å². The van der Waals surface area contributed by atoms with Gasteiger partial charge in [-0.05, 0) is 37.3 Å². The molecule has 0 aliphatic heterocycles. The van der Waals surface area contributed by atoms with Crippen LogP contribution in [0.3, 0.4) is 0 Å². The number of fused-ring (bicyclic) bond motifs is 1. The van der Waals surface area contributed by atoms with Gasteiger partial charge in [0.25, 0.3) is 5.91 Å². The molecule has 156 valence electrons. The van der Waals surface area contributed by atoms with E-state index in [0.29, 0.717) is 17.0 Å². The fourth-order valence-electron chi connectivity index (χ4n) is 3.87. The van der Waals surface area contributed by atoms with Gasteiger partial charge in [-0.1, -0.05) is 42.5 Å². The first-order valence-electron chi connectivity index (χ1n) is 10.3. The summed E-state index contributed by atoms with van der Waals surface area (Å²) in [5.74, 6) is 0.180. The van der Waals surface area contributed by atoms with E-state index in [2.05, 4.69) is 20.6 Å². The van der Waals surface area contributed by atoms with Crippen LogP contribution in [0.25, 0.3) is 10.9 Å². The maximum Gasteiger partial charge on any atom is 0.254 e. The third-order valence-electron chi connectivity index (χ3n) is 5.58. The summed E-state index contributed by atoms with van der Waals surface area (Å²) < 4.78 is 0. The van der Waals surface area contributed by atoms with Gasteiger partial charge in [0, 0.05) is 17.6 Å². The number of benzene rings is 2. The molecule has 1 aromatic heterocycles. The van der Waals surface area contributed by atoms with Gasteiger partial charge in [0.05, 0.1) is 29.8 Å². The third kappa shape index (κ3) is 4.58. The lowest BCUT2D eigenvalue weighted by atomic mass is 9.93. The second kappa shape index (κ2) is 9.19. The second-order valence-corrected chi connectivity index (χ2v) is 7.71. The number of para-hydroxylation sites is 1. The molecule has 7 nitrogen and oxygen atoms in total. The van der Waals surface area contributed by atoms with Crippen molar-refractivity contribution in [2.24, 2.45) is 0 Å². The van der Waals surface area contributed by atoms with E-state index in [1.54, 1.807) is 18.3 Å². The van der Waals surface area contributed by atoms with E-state index < -0.39 is 6.04 Å². The van der Waals surface area contributed by atoms with Gasteiger partial charge < -0.3 is 20.8 Å². The average molecular weight is 406 g/mol. The van der Waals surface area contributed by atoms with Crippen LogP contribution >= 0.6 is 0 Å². The van der Waals surface area contributed by atoms with Crippen LogP contribution in [-0.2, 0) is 0 Å². The number of aliphatic hydroxyl groups excluding tert-OH is 2. The van der Waals surface area contributed by atoms with E-state index in [1.165, 1.54) is 0 Å². The molecular formula is C23H26N4O3. The molecule has 1 saturated carbocycles. The molecule has 4 rings (SSSR count). The first-order valence-corrected chi connectivity index (χ1v) is 10.3. The third-order valence-corrected chi connectivity index (χ3v) is 5.58. The van der Waals surface area contributed by atoms with E-state index in [4.69, 9.17) is 0 Å². The Kier molecular flexibility index (Phi) is 6.21. The maximum atomic E-state index is 13.0. The number of nitrogens with one attached hydrogen (secondary N) is 2. The number of aliphatic hydroxyl groups is 2. The highest BCUT2D eigenvalue weighted by Gasteiger charge is 2.21. The minimum absolute atomic E-state index is 0.199. The highest BCUT2D eigenvalue weighted by Crippen LogP contribution is 2.23. The molecule has 1 aliphatic carbocycles. The number of hydrogen-bond acceptors (Lipinski definition) is 6. The lowest BCUT2D eigenvalue weighted by Gasteiger charge is -2.26. The first kappa shape index (κ1) is 20.3. The maximum absolute atomic E-state index is 13.0. The Bertz CT molecular complexity index is 1000. The molecule has 3 aromatic rings. The van der Waals surface area contributed by atoms with E-state index in [0.717, 1.165) is 36.6 Å².